The molecule has 0 aliphatic carbocycles. The summed E-state index contributed by atoms with van der Waals surface area (Å²) < 4.78 is 0. The zero-order valence-corrected chi connectivity index (χ0v) is 13.9. The molecule has 1 heteroatoms. The van der Waals surface area contributed by atoms with Crippen molar-refractivity contribution in [2.45, 2.75) is 71.1 Å². The Hall–Kier alpha value is -0.490. The van der Waals surface area contributed by atoms with Crippen LogP contribution in [-0.2, 0) is 5.41 Å². The van der Waals surface area contributed by atoms with Gasteiger partial charge in [0.25, 0.3) is 0 Å². The highest BCUT2D eigenvalue weighted by atomic mass is 35.5. The van der Waals surface area contributed by atoms with Gasteiger partial charge in [0.15, 0.2) is 0 Å². The lowest BCUT2D eigenvalue weighted by molar-refractivity contribution is 0.488. The van der Waals surface area contributed by atoms with Gasteiger partial charge in [-0.1, -0.05) is 71.7 Å². The Labute approximate surface area is 124 Å². The maximum atomic E-state index is 6.59. The lowest BCUT2D eigenvalue weighted by Crippen LogP contribution is -2.15. The van der Waals surface area contributed by atoms with Crippen LogP contribution < -0.4 is 0 Å². The number of alkyl halides is 1. The minimum Gasteiger partial charge on any atom is -0.118 e. The summed E-state index contributed by atoms with van der Waals surface area (Å²) in [6, 6.07) is 8.93. The maximum absolute atomic E-state index is 6.59. The first kappa shape index (κ1) is 16.6. The molecule has 0 radical (unpaired) electrons. The van der Waals surface area contributed by atoms with Gasteiger partial charge in [-0.05, 0) is 35.3 Å². The van der Waals surface area contributed by atoms with Crippen LogP contribution in [-0.4, -0.2) is 0 Å². The predicted molar refractivity (Wildman–Crippen MR) is 87.0 cm³/mol. The van der Waals surface area contributed by atoms with Crippen LogP contribution >= 0.6 is 11.6 Å². The van der Waals surface area contributed by atoms with Crippen LogP contribution in [0.5, 0.6) is 0 Å². The van der Waals surface area contributed by atoms with Crippen LogP contribution in [0.1, 0.15) is 76.8 Å². The summed E-state index contributed by atoms with van der Waals surface area (Å²) in [7, 11) is 0. The van der Waals surface area contributed by atoms with Gasteiger partial charge in [0.2, 0.25) is 0 Å². The van der Waals surface area contributed by atoms with Gasteiger partial charge >= 0.3 is 0 Å². The van der Waals surface area contributed by atoms with Gasteiger partial charge in [0.05, 0.1) is 5.38 Å². The second-order valence-corrected chi connectivity index (χ2v) is 6.85. The fourth-order valence-electron chi connectivity index (χ4n) is 2.32. The predicted octanol–water partition coefficient (Wildman–Crippen LogP) is 6.48. The van der Waals surface area contributed by atoms with Gasteiger partial charge in [0, 0.05) is 0 Å². The van der Waals surface area contributed by atoms with E-state index < -0.39 is 0 Å². The first-order valence-electron chi connectivity index (χ1n) is 7.66. The summed E-state index contributed by atoms with van der Waals surface area (Å²) in [5.74, 6) is 0.548. The van der Waals surface area contributed by atoms with E-state index in [-0.39, 0.29) is 10.8 Å². The molecule has 0 aliphatic heterocycles. The zero-order valence-electron chi connectivity index (χ0n) is 13.2. The first-order chi connectivity index (χ1) is 8.92. The molecule has 1 aromatic rings. The van der Waals surface area contributed by atoms with Crippen LogP contribution in [0.25, 0.3) is 0 Å². The van der Waals surface area contributed by atoms with Crippen molar-refractivity contribution in [1.29, 1.82) is 0 Å². The Morgan fingerprint density at radius 1 is 1.11 bits per heavy atom. The Morgan fingerprint density at radius 3 is 2.16 bits per heavy atom. The van der Waals surface area contributed by atoms with Crippen molar-refractivity contribution in [3.63, 3.8) is 0 Å². The molecular formula is C18H29Cl. The molecular weight excluding hydrogens is 252 g/mol. The highest BCUT2D eigenvalue weighted by Gasteiger charge is 2.20. The van der Waals surface area contributed by atoms with Gasteiger partial charge in [-0.2, -0.15) is 0 Å². The summed E-state index contributed by atoms with van der Waals surface area (Å²) in [5.41, 5.74) is 2.93. The molecule has 0 nitrogen and oxygen atoms in total. The monoisotopic (exact) mass is 280 g/mol. The fourth-order valence-corrected chi connectivity index (χ4v) is 2.59. The molecule has 2 atom stereocenters. The van der Waals surface area contributed by atoms with Crippen molar-refractivity contribution in [2.24, 2.45) is 5.92 Å². The molecule has 0 saturated carbocycles. The van der Waals surface area contributed by atoms with Gasteiger partial charge in [-0.3, -0.25) is 0 Å². The summed E-state index contributed by atoms with van der Waals surface area (Å²) in [4.78, 5) is 0. The minimum absolute atomic E-state index is 0.144. The summed E-state index contributed by atoms with van der Waals surface area (Å²) in [5, 5.41) is 0.144. The number of halogens is 1. The summed E-state index contributed by atoms with van der Waals surface area (Å²) in [6.07, 6.45) is 4.89. The van der Waals surface area contributed by atoms with Gasteiger partial charge in [0.1, 0.15) is 0 Å². The van der Waals surface area contributed by atoms with Crippen molar-refractivity contribution >= 4 is 11.6 Å². The van der Waals surface area contributed by atoms with Crippen molar-refractivity contribution in [3.05, 3.63) is 35.4 Å². The van der Waals surface area contributed by atoms with E-state index in [0.29, 0.717) is 5.92 Å². The number of benzene rings is 1. The molecule has 0 saturated heterocycles. The molecule has 108 valence electrons. The minimum atomic E-state index is 0.144. The van der Waals surface area contributed by atoms with E-state index in [0.717, 1.165) is 6.42 Å². The third-order valence-electron chi connectivity index (χ3n) is 4.41. The molecule has 1 aromatic carbocycles. The highest BCUT2D eigenvalue weighted by Crippen LogP contribution is 2.34. The molecule has 1 rings (SSSR count). The molecule has 0 aromatic heterocycles. The topological polar surface area (TPSA) is 0 Å². The highest BCUT2D eigenvalue weighted by molar-refractivity contribution is 6.21. The average Bonchev–Trinajstić information content (AvgIpc) is 2.44. The summed E-state index contributed by atoms with van der Waals surface area (Å²) in [6.45, 7) is 11.3. The fraction of sp³-hybridized carbons (Fsp3) is 0.667. The molecule has 2 unspecified atom stereocenters. The van der Waals surface area contributed by atoms with Crippen molar-refractivity contribution < 1.29 is 0 Å². The molecule has 0 heterocycles. The normalized spacial score (nSPS) is 15.3. The summed E-state index contributed by atoms with van der Waals surface area (Å²) >= 11 is 6.59. The molecule has 0 spiro atoms. The first-order valence-corrected chi connectivity index (χ1v) is 8.10. The molecule has 0 aliphatic rings. The Kier molecular flexibility index (Phi) is 6.39. The number of hydrogen-bond donors (Lipinski definition) is 0. The number of unbranched alkanes of at least 4 members (excludes halogenated alkanes) is 1. The molecule has 0 N–H and O–H groups in total. The number of rotatable bonds is 7. The Balaban J connectivity index is 2.75. The molecule has 19 heavy (non-hydrogen) atoms. The van der Waals surface area contributed by atoms with Crippen molar-refractivity contribution in [3.8, 4) is 0 Å². The third-order valence-corrected chi connectivity index (χ3v) is 5.09. The van der Waals surface area contributed by atoms with E-state index in [9.17, 15) is 0 Å². The van der Waals surface area contributed by atoms with Crippen LogP contribution in [0.2, 0.25) is 0 Å². The smallest absolute Gasteiger partial charge is 0.0610 e. The SMILES string of the molecule is CCCCC(C)C(Cl)c1ccc(C(C)(C)CC)cc1. The van der Waals surface area contributed by atoms with E-state index in [2.05, 4.69) is 58.9 Å². The second kappa shape index (κ2) is 7.33. The van der Waals surface area contributed by atoms with E-state index in [4.69, 9.17) is 11.6 Å². The van der Waals surface area contributed by atoms with E-state index in [1.165, 1.54) is 30.4 Å². The van der Waals surface area contributed by atoms with Crippen molar-refractivity contribution in [2.75, 3.05) is 0 Å². The molecule has 0 bridgehead atoms. The van der Waals surface area contributed by atoms with Crippen LogP contribution in [0.4, 0.5) is 0 Å². The van der Waals surface area contributed by atoms with E-state index in [1.54, 1.807) is 0 Å². The van der Waals surface area contributed by atoms with Crippen molar-refractivity contribution in [1.82, 2.24) is 0 Å². The zero-order chi connectivity index (χ0) is 14.5. The quantitative estimate of drug-likeness (QED) is 0.501. The maximum Gasteiger partial charge on any atom is 0.0610 e. The van der Waals surface area contributed by atoms with E-state index in [1.807, 2.05) is 0 Å². The molecule has 0 fully saturated rings. The van der Waals surface area contributed by atoms with Crippen LogP contribution in [0.15, 0.2) is 24.3 Å². The Morgan fingerprint density at radius 2 is 1.68 bits per heavy atom. The largest absolute Gasteiger partial charge is 0.118 e. The average molecular weight is 281 g/mol. The number of hydrogen-bond acceptors (Lipinski definition) is 0. The second-order valence-electron chi connectivity index (χ2n) is 6.38. The Bertz CT molecular complexity index is 364. The van der Waals surface area contributed by atoms with Crippen LogP contribution in [0, 0.1) is 5.92 Å². The third kappa shape index (κ3) is 4.53. The van der Waals surface area contributed by atoms with Crippen LogP contribution in [0.3, 0.4) is 0 Å². The van der Waals surface area contributed by atoms with Gasteiger partial charge in [-0.15, -0.1) is 11.6 Å². The lowest BCUT2D eigenvalue weighted by Gasteiger charge is -2.24. The standard InChI is InChI=1S/C18H29Cl/c1-6-8-9-14(3)17(19)15-10-12-16(13-11-15)18(4,5)7-2/h10-14,17H,6-9H2,1-5H3. The lowest BCUT2D eigenvalue weighted by atomic mass is 9.81. The van der Waals surface area contributed by atoms with E-state index >= 15 is 0 Å². The molecule has 0 amide bonds. The van der Waals surface area contributed by atoms with Gasteiger partial charge < -0.3 is 0 Å². The van der Waals surface area contributed by atoms with Gasteiger partial charge in [-0.25, -0.2) is 0 Å².